The molecule has 2 aliphatic rings. The number of sulfonamides is 1. The average Bonchev–Trinajstić information content (AvgIpc) is 2.83. The van der Waals surface area contributed by atoms with Crippen molar-refractivity contribution in [3.05, 3.63) is 23.8 Å². The molecule has 1 fully saturated rings. The molecule has 0 radical (unpaired) electrons. The lowest BCUT2D eigenvalue weighted by Crippen LogP contribution is -2.48. The summed E-state index contributed by atoms with van der Waals surface area (Å²) in [5.41, 5.74) is 1.61. The van der Waals surface area contributed by atoms with Crippen LogP contribution in [-0.4, -0.2) is 69.9 Å². The molecule has 3 rings (SSSR count). The molecule has 8 heteroatoms. The Hall–Kier alpha value is -1.48. The number of anilines is 1. The SMILES string of the molecule is CCCN1CCN(CCNS(=O)(=O)c2ccc3c(c2)CCCC(=O)N3)CC1. The molecule has 150 valence electrons. The zero-order chi connectivity index (χ0) is 19.3. The van der Waals surface area contributed by atoms with E-state index in [2.05, 4.69) is 26.8 Å². The fourth-order valence-electron chi connectivity index (χ4n) is 3.69. The lowest BCUT2D eigenvalue weighted by molar-refractivity contribution is -0.116. The van der Waals surface area contributed by atoms with Gasteiger partial charge in [-0.2, -0.15) is 0 Å². The lowest BCUT2D eigenvalue weighted by Gasteiger charge is -2.34. The van der Waals surface area contributed by atoms with Gasteiger partial charge in [-0.25, -0.2) is 13.1 Å². The van der Waals surface area contributed by atoms with Crippen molar-refractivity contribution < 1.29 is 13.2 Å². The summed E-state index contributed by atoms with van der Waals surface area (Å²) >= 11 is 0. The number of benzene rings is 1. The van der Waals surface area contributed by atoms with Gasteiger partial charge in [0.1, 0.15) is 0 Å². The summed E-state index contributed by atoms with van der Waals surface area (Å²) < 4.78 is 28.0. The van der Waals surface area contributed by atoms with Crippen LogP contribution in [0.2, 0.25) is 0 Å². The van der Waals surface area contributed by atoms with Crippen molar-refractivity contribution in [2.45, 2.75) is 37.5 Å². The molecule has 1 aromatic rings. The van der Waals surface area contributed by atoms with E-state index in [1.165, 1.54) is 6.42 Å². The Bertz CT molecular complexity index is 758. The highest BCUT2D eigenvalue weighted by molar-refractivity contribution is 7.89. The molecule has 0 bridgehead atoms. The van der Waals surface area contributed by atoms with Crippen molar-refractivity contribution in [3.8, 4) is 0 Å². The van der Waals surface area contributed by atoms with Crippen molar-refractivity contribution in [2.75, 3.05) is 51.1 Å². The van der Waals surface area contributed by atoms with E-state index in [0.717, 1.165) is 56.9 Å². The average molecular weight is 395 g/mol. The Morgan fingerprint density at radius 1 is 1.07 bits per heavy atom. The van der Waals surface area contributed by atoms with Gasteiger partial charge in [0.25, 0.3) is 0 Å². The minimum Gasteiger partial charge on any atom is -0.326 e. The minimum atomic E-state index is -3.54. The van der Waals surface area contributed by atoms with Crippen LogP contribution < -0.4 is 10.0 Å². The maximum Gasteiger partial charge on any atom is 0.240 e. The number of rotatable bonds is 7. The number of hydrogen-bond acceptors (Lipinski definition) is 5. The van der Waals surface area contributed by atoms with E-state index in [-0.39, 0.29) is 10.8 Å². The van der Waals surface area contributed by atoms with Crippen molar-refractivity contribution in [2.24, 2.45) is 0 Å². The molecule has 0 aliphatic carbocycles. The van der Waals surface area contributed by atoms with Gasteiger partial charge < -0.3 is 10.2 Å². The Morgan fingerprint density at radius 3 is 2.48 bits per heavy atom. The van der Waals surface area contributed by atoms with E-state index >= 15 is 0 Å². The molecule has 2 heterocycles. The molecular formula is C19H30N4O3S. The Balaban J connectivity index is 1.53. The second kappa shape index (κ2) is 9.14. The number of aryl methyl sites for hydroxylation is 1. The second-order valence-electron chi connectivity index (χ2n) is 7.30. The first-order valence-electron chi connectivity index (χ1n) is 9.85. The third kappa shape index (κ3) is 5.51. The number of nitrogens with one attached hydrogen (secondary N) is 2. The van der Waals surface area contributed by atoms with Gasteiger partial charge in [-0.1, -0.05) is 6.92 Å². The number of carbonyl (C=O) groups is 1. The predicted octanol–water partition coefficient (Wildman–Crippen LogP) is 1.27. The first-order valence-corrected chi connectivity index (χ1v) is 11.3. The monoisotopic (exact) mass is 394 g/mol. The Kier molecular flexibility index (Phi) is 6.86. The molecule has 0 atom stereocenters. The van der Waals surface area contributed by atoms with Crippen LogP contribution in [0.4, 0.5) is 5.69 Å². The van der Waals surface area contributed by atoms with E-state index in [1.807, 2.05) is 0 Å². The van der Waals surface area contributed by atoms with Crippen molar-refractivity contribution in [3.63, 3.8) is 0 Å². The van der Waals surface area contributed by atoms with Gasteiger partial charge in [-0.3, -0.25) is 9.69 Å². The number of carbonyl (C=O) groups excluding carboxylic acids is 1. The van der Waals surface area contributed by atoms with E-state index in [1.54, 1.807) is 18.2 Å². The van der Waals surface area contributed by atoms with Gasteiger partial charge in [-0.05, 0) is 49.6 Å². The number of amides is 1. The number of fused-ring (bicyclic) bond motifs is 1. The molecule has 0 aromatic heterocycles. The third-order valence-electron chi connectivity index (χ3n) is 5.24. The molecule has 7 nitrogen and oxygen atoms in total. The summed E-state index contributed by atoms with van der Waals surface area (Å²) in [6, 6.07) is 4.95. The highest BCUT2D eigenvalue weighted by Crippen LogP contribution is 2.25. The minimum absolute atomic E-state index is 0.0125. The van der Waals surface area contributed by atoms with Crippen LogP contribution in [0, 0.1) is 0 Å². The summed E-state index contributed by atoms with van der Waals surface area (Å²) in [5.74, 6) is -0.0125. The molecular weight excluding hydrogens is 364 g/mol. The van der Waals surface area contributed by atoms with Crippen LogP contribution >= 0.6 is 0 Å². The largest absolute Gasteiger partial charge is 0.326 e. The summed E-state index contributed by atoms with van der Waals surface area (Å²) in [7, 11) is -3.54. The smallest absolute Gasteiger partial charge is 0.240 e. The zero-order valence-corrected chi connectivity index (χ0v) is 16.9. The first kappa shape index (κ1) is 20.3. The number of nitrogens with zero attached hydrogens (tertiary/aromatic N) is 2. The second-order valence-corrected chi connectivity index (χ2v) is 9.07. The molecule has 1 amide bonds. The van der Waals surface area contributed by atoms with Gasteiger partial charge >= 0.3 is 0 Å². The maximum atomic E-state index is 12.6. The third-order valence-corrected chi connectivity index (χ3v) is 6.69. The van der Waals surface area contributed by atoms with Gasteiger partial charge in [-0.15, -0.1) is 0 Å². The van der Waals surface area contributed by atoms with E-state index in [9.17, 15) is 13.2 Å². The van der Waals surface area contributed by atoms with Crippen LogP contribution in [0.15, 0.2) is 23.1 Å². The van der Waals surface area contributed by atoms with Crippen LogP contribution in [0.25, 0.3) is 0 Å². The van der Waals surface area contributed by atoms with Crippen molar-refractivity contribution >= 4 is 21.6 Å². The predicted molar refractivity (Wildman–Crippen MR) is 106 cm³/mol. The normalized spacial score (nSPS) is 19.4. The van der Waals surface area contributed by atoms with Crippen molar-refractivity contribution in [1.82, 2.24) is 14.5 Å². The zero-order valence-electron chi connectivity index (χ0n) is 16.0. The van der Waals surface area contributed by atoms with Gasteiger partial charge in [0.05, 0.1) is 4.90 Å². The summed E-state index contributed by atoms with van der Waals surface area (Å²) in [5, 5.41) is 2.83. The summed E-state index contributed by atoms with van der Waals surface area (Å²) in [6.07, 6.45) is 3.09. The van der Waals surface area contributed by atoms with Crippen LogP contribution in [-0.2, 0) is 21.2 Å². The van der Waals surface area contributed by atoms with Crippen LogP contribution in [0.3, 0.4) is 0 Å². The van der Waals surface area contributed by atoms with Gasteiger partial charge in [0.15, 0.2) is 0 Å². The molecule has 1 saturated heterocycles. The fraction of sp³-hybridized carbons (Fsp3) is 0.632. The summed E-state index contributed by atoms with van der Waals surface area (Å²) in [4.78, 5) is 16.7. The van der Waals surface area contributed by atoms with Crippen LogP contribution in [0.5, 0.6) is 0 Å². The van der Waals surface area contributed by atoms with E-state index < -0.39 is 10.0 Å². The molecule has 0 saturated carbocycles. The van der Waals surface area contributed by atoms with Crippen LogP contribution in [0.1, 0.15) is 31.7 Å². The maximum absolute atomic E-state index is 12.6. The highest BCUT2D eigenvalue weighted by atomic mass is 32.2. The van der Waals surface area contributed by atoms with Gasteiger partial charge in [0, 0.05) is 51.4 Å². The van der Waals surface area contributed by atoms with E-state index in [4.69, 9.17) is 0 Å². The molecule has 1 aromatic carbocycles. The molecule has 27 heavy (non-hydrogen) atoms. The lowest BCUT2D eigenvalue weighted by atomic mass is 10.1. The molecule has 2 N–H and O–H groups in total. The van der Waals surface area contributed by atoms with Gasteiger partial charge in [0.2, 0.25) is 15.9 Å². The fourth-order valence-corrected chi connectivity index (χ4v) is 4.76. The summed E-state index contributed by atoms with van der Waals surface area (Å²) in [6.45, 7) is 8.54. The molecule has 2 aliphatic heterocycles. The quantitative estimate of drug-likeness (QED) is 0.728. The van der Waals surface area contributed by atoms with Crippen molar-refractivity contribution in [1.29, 1.82) is 0 Å². The topological polar surface area (TPSA) is 81.8 Å². The number of piperazine rings is 1. The molecule has 0 spiro atoms. The Morgan fingerprint density at radius 2 is 1.78 bits per heavy atom. The highest BCUT2D eigenvalue weighted by Gasteiger charge is 2.20. The standard InChI is InChI=1S/C19H30N4O3S/c1-2-9-22-11-13-23(14-12-22)10-8-20-27(25,26)17-6-7-18-16(15-17)4-3-5-19(24)21-18/h6-7,15,20H,2-5,8-14H2,1H3,(H,21,24). The first-order chi connectivity index (χ1) is 13.0. The molecule has 0 unspecified atom stereocenters. The Labute approximate surface area is 162 Å². The van der Waals surface area contributed by atoms with E-state index in [0.29, 0.717) is 19.4 Å². The number of hydrogen-bond donors (Lipinski definition) is 2.